The molecule has 0 bridgehead atoms. The standard InChI is InChI=1S/C17H29N3O/c1-5-16-12-21-14(4)11-20(16)17-6-7-18-9-15(17)10-19-8-13(2)3/h6-7,9,13-14,16,19H,5,8,10-12H2,1-4H3. The van der Waals surface area contributed by atoms with E-state index in [0.29, 0.717) is 12.0 Å². The van der Waals surface area contributed by atoms with Crippen LogP contribution in [0.15, 0.2) is 18.5 Å². The average molecular weight is 291 g/mol. The number of aromatic nitrogens is 1. The number of anilines is 1. The Hall–Kier alpha value is -1.13. The van der Waals surface area contributed by atoms with E-state index in [2.05, 4.69) is 49.0 Å². The van der Waals surface area contributed by atoms with E-state index in [1.165, 1.54) is 11.3 Å². The number of hydrogen-bond donors (Lipinski definition) is 1. The van der Waals surface area contributed by atoms with Gasteiger partial charge in [-0.1, -0.05) is 20.8 Å². The molecule has 0 saturated carbocycles. The minimum atomic E-state index is 0.289. The van der Waals surface area contributed by atoms with Crippen molar-refractivity contribution in [1.29, 1.82) is 0 Å². The highest BCUT2D eigenvalue weighted by Crippen LogP contribution is 2.26. The molecule has 1 fully saturated rings. The van der Waals surface area contributed by atoms with Crippen LogP contribution >= 0.6 is 0 Å². The number of ether oxygens (including phenoxy) is 1. The van der Waals surface area contributed by atoms with Gasteiger partial charge in [0.2, 0.25) is 0 Å². The van der Waals surface area contributed by atoms with E-state index in [9.17, 15) is 0 Å². The third-order valence-corrected chi connectivity index (χ3v) is 3.99. The second-order valence-corrected chi connectivity index (χ2v) is 6.39. The van der Waals surface area contributed by atoms with E-state index in [-0.39, 0.29) is 6.10 Å². The van der Waals surface area contributed by atoms with Crippen LogP contribution in [0.4, 0.5) is 5.69 Å². The Morgan fingerprint density at radius 1 is 1.48 bits per heavy atom. The molecule has 0 radical (unpaired) electrons. The van der Waals surface area contributed by atoms with Crippen LogP contribution in [-0.4, -0.2) is 36.8 Å². The Balaban J connectivity index is 2.13. The number of nitrogens with one attached hydrogen (secondary N) is 1. The molecule has 0 aliphatic carbocycles. The average Bonchev–Trinajstić information content (AvgIpc) is 2.47. The molecule has 1 saturated heterocycles. The molecular weight excluding hydrogens is 262 g/mol. The SMILES string of the molecule is CCC1COC(C)CN1c1ccncc1CNCC(C)C. The molecule has 21 heavy (non-hydrogen) atoms. The van der Waals surface area contributed by atoms with Crippen molar-refractivity contribution < 1.29 is 4.74 Å². The van der Waals surface area contributed by atoms with Crippen molar-refractivity contribution in [3.63, 3.8) is 0 Å². The molecule has 1 aromatic heterocycles. The number of morpholine rings is 1. The van der Waals surface area contributed by atoms with Crippen molar-refractivity contribution in [2.24, 2.45) is 5.92 Å². The van der Waals surface area contributed by atoms with Crippen LogP contribution in [0.25, 0.3) is 0 Å². The fourth-order valence-corrected chi connectivity index (χ4v) is 2.81. The van der Waals surface area contributed by atoms with Crippen LogP contribution in [0, 0.1) is 5.92 Å². The topological polar surface area (TPSA) is 37.4 Å². The zero-order chi connectivity index (χ0) is 15.2. The lowest BCUT2D eigenvalue weighted by atomic mass is 10.1. The van der Waals surface area contributed by atoms with Gasteiger partial charge in [0.05, 0.1) is 18.8 Å². The molecule has 0 amide bonds. The molecule has 2 atom stereocenters. The van der Waals surface area contributed by atoms with E-state index in [4.69, 9.17) is 4.74 Å². The first-order chi connectivity index (χ1) is 10.1. The van der Waals surface area contributed by atoms with Crippen molar-refractivity contribution in [1.82, 2.24) is 10.3 Å². The monoisotopic (exact) mass is 291 g/mol. The summed E-state index contributed by atoms with van der Waals surface area (Å²) in [6.45, 7) is 12.5. The first-order valence-electron chi connectivity index (χ1n) is 8.13. The summed E-state index contributed by atoms with van der Waals surface area (Å²) in [5.74, 6) is 0.664. The summed E-state index contributed by atoms with van der Waals surface area (Å²) in [7, 11) is 0. The van der Waals surface area contributed by atoms with Gasteiger partial charge in [0.25, 0.3) is 0 Å². The van der Waals surface area contributed by atoms with Gasteiger partial charge in [0, 0.05) is 36.7 Å². The lowest BCUT2D eigenvalue weighted by molar-refractivity contribution is 0.0299. The summed E-state index contributed by atoms with van der Waals surface area (Å²) < 4.78 is 5.81. The van der Waals surface area contributed by atoms with Crippen LogP contribution < -0.4 is 10.2 Å². The smallest absolute Gasteiger partial charge is 0.0723 e. The molecule has 1 aliphatic rings. The molecule has 4 nitrogen and oxygen atoms in total. The number of pyridine rings is 1. The fraction of sp³-hybridized carbons (Fsp3) is 0.706. The van der Waals surface area contributed by atoms with Crippen LogP contribution in [0.5, 0.6) is 0 Å². The normalized spacial score (nSPS) is 22.8. The summed E-state index contributed by atoms with van der Waals surface area (Å²) in [6, 6.07) is 2.61. The summed E-state index contributed by atoms with van der Waals surface area (Å²) in [4.78, 5) is 6.81. The first-order valence-corrected chi connectivity index (χ1v) is 8.13. The van der Waals surface area contributed by atoms with Gasteiger partial charge in [-0.2, -0.15) is 0 Å². The zero-order valence-electron chi connectivity index (χ0n) is 13.8. The molecule has 1 aromatic rings. The van der Waals surface area contributed by atoms with Crippen molar-refractivity contribution in [2.75, 3.05) is 24.6 Å². The lowest BCUT2D eigenvalue weighted by Crippen LogP contribution is -2.49. The largest absolute Gasteiger partial charge is 0.375 e. The maximum absolute atomic E-state index is 5.81. The van der Waals surface area contributed by atoms with Crippen LogP contribution in [0.2, 0.25) is 0 Å². The van der Waals surface area contributed by atoms with Crippen LogP contribution in [0.3, 0.4) is 0 Å². The Morgan fingerprint density at radius 3 is 3.00 bits per heavy atom. The van der Waals surface area contributed by atoms with E-state index in [1.807, 2.05) is 12.4 Å². The molecule has 1 aliphatic heterocycles. The Labute approximate surface area is 128 Å². The maximum Gasteiger partial charge on any atom is 0.0723 e. The molecule has 4 heteroatoms. The van der Waals surface area contributed by atoms with Crippen LogP contribution in [-0.2, 0) is 11.3 Å². The second-order valence-electron chi connectivity index (χ2n) is 6.39. The molecule has 2 rings (SSSR count). The van der Waals surface area contributed by atoms with Crippen molar-refractivity contribution in [3.8, 4) is 0 Å². The van der Waals surface area contributed by atoms with Gasteiger partial charge >= 0.3 is 0 Å². The molecule has 2 unspecified atom stereocenters. The predicted octanol–water partition coefficient (Wildman–Crippen LogP) is 2.83. The lowest BCUT2D eigenvalue weighted by Gasteiger charge is -2.40. The zero-order valence-corrected chi connectivity index (χ0v) is 13.8. The minimum Gasteiger partial charge on any atom is -0.375 e. The number of hydrogen-bond acceptors (Lipinski definition) is 4. The van der Waals surface area contributed by atoms with Crippen molar-refractivity contribution in [2.45, 2.75) is 52.8 Å². The predicted molar refractivity (Wildman–Crippen MR) is 87.6 cm³/mol. The molecule has 0 aromatic carbocycles. The summed E-state index contributed by atoms with van der Waals surface area (Å²) in [5.41, 5.74) is 2.59. The molecule has 2 heterocycles. The minimum absolute atomic E-state index is 0.289. The van der Waals surface area contributed by atoms with Crippen LogP contribution in [0.1, 0.15) is 39.7 Å². The molecular formula is C17H29N3O. The van der Waals surface area contributed by atoms with Gasteiger partial charge < -0.3 is 15.0 Å². The summed E-state index contributed by atoms with van der Waals surface area (Å²) in [5, 5.41) is 3.53. The highest BCUT2D eigenvalue weighted by molar-refractivity contribution is 5.53. The number of rotatable bonds is 6. The highest BCUT2D eigenvalue weighted by Gasteiger charge is 2.27. The second kappa shape index (κ2) is 7.76. The third kappa shape index (κ3) is 4.42. The highest BCUT2D eigenvalue weighted by atomic mass is 16.5. The summed E-state index contributed by atoms with van der Waals surface area (Å²) in [6.07, 6.45) is 5.29. The van der Waals surface area contributed by atoms with E-state index in [0.717, 1.165) is 32.7 Å². The quantitative estimate of drug-likeness (QED) is 0.874. The maximum atomic E-state index is 5.81. The van der Waals surface area contributed by atoms with Crippen molar-refractivity contribution in [3.05, 3.63) is 24.0 Å². The number of nitrogens with zero attached hydrogens (tertiary/aromatic N) is 2. The molecule has 118 valence electrons. The Bertz CT molecular complexity index is 436. The van der Waals surface area contributed by atoms with Gasteiger partial charge in [0.1, 0.15) is 0 Å². The van der Waals surface area contributed by atoms with Gasteiger partial charge in [-0.25, -0.2) is 0 Å². The van der Waals surface area contributed by atoms with Gasteiger partial charge in [-0.05, 0) is 31.9 Å². The van der Waals surface area contributed by atoms with E-state index in [1.54, 1.807) is 0 Å². The third-order valence-electron chi connectivity index (χ3n) is 3.99. The van der Waals surface area contributed by atoms with Gasteiger partial charge in [-0.15, -0.1) is 0 Å². The van der Waals surface area contributed by atoms with Crippen molar-refractivity contribution >= 4 is 5.69 Å². The first kappa shape index (κ1) is 16.2. The molecule has 1 N–H and O–H groups in total. The van der Waals surface area contributed by atoms with Gasteiger partial charge in [0.15, 0.2) is 0 Å². The van der Waals surface area contributed by atoms with E-state index < -0.39 is 0 Å². The Morgan fingerprint density at radius 2 is 2.29 bits per heavy atom. The molecule has 0 spiro atoms. The summed E-state index contributed by atoms with van der Waals surface area (Å²) >= 11 is 0. The van der Waals surface area contributed by atoms with E-state index >= 15 is 0 Å². The van der Waals surface area contributed by atoms with Gasteiger partial charge in [-0.3, -0.25) is 4.98 Å². The fourth-order valence-electron chi connectivity index (χ4n) is 2.81. The Kier molecular flexibility index (Phi) is 6.00.